The van der Waals surface area contributed by atoms with Gasteiger partial charge < -0.3 is 5.11 Å². The van der Waals surface area contributed by atoms with Gasteiger partial charge in [0.1, 0.15) is 10.0 Å². The maximum Gasteiger partial charge on any atom is 0.271 e. The summed E-state index contributed by atoms with van der Waals surface area (Å²) in [5.74, 6) is -0.530. The van der Waals surface area contributed by atoms with Crippen LogP contribution in [0.1, 0.15) is 4.88 Å². The summed E-state index contributed by atoms with van der Waals surface area (Å²) >= 11 is 4.24. The van der Waals surface area contributed by atoms with Crippen LogP contribution in [0.25, 0.3) is 0 Å². The number of sulfonamides is 1. The van der Waals surface area contributed by atoms with E-state index in [1.54, 1.807) is 6.07 Å². The van der Waals surface area contributed by atoms with Crippen molar-refractivity contribution >= 4 is 43.0 Å². The lowest BCUT2D eigenvalue weighted by Gasteiger charge is -2.08. The topological polar surface area (TPSA) is 66.4 Å². The molecular weight excluding hydrogens is 369 g/mol. The third kappa shape index (κ3) is 3.57. The van der Waals surface area contributed by atoms with Gasteiger partial charge in [-0.1, -0.05) is 0 Å². The lowest BCUT2D eigenvalue weighted by atomic mass is 10.3. The molecular formula is C12H11BrFNO3S2. The molecule has 108 valence electrons. The molecule has 0 unspecified atom stereocenters. The van der Waals surface area contributed by atoms with Crippen LogP contribution in [0, 0.1) is 5.82 Å². The molecule has 1 aromatic heterocycles. The van der Waals surface area contributed by atoms with Crippen LogP contribution in [0.5, 0.6) is 0 Å². The molecule has 0 aliphatic rings. The third-order valence-electron chi connectivity index (χ3n) is 2.43. The highest BCUT2D eigenvalue weighted by Crippen LogP contribution is 2.28. The molecule has 1 heterocycles. The first-order valence-corrected chi connectivity index (χ1v) is 8.69. The summed E-state index contributed by atoms with van der Waals surface area (Å²) < 4.78 is 40.4. The van der Waals surface area contributed by atoms with Crippen molar-refractivity contribution in [3.05, 3.63) is 45.5 Å². The minimum atomic E-state index is -3.76. The van der Waals surface area contributed by atoms with Crippen molar-refractivity contribution < 1.29 is 17.9 Å². The van der Waals surface area contributed by atoms with Gasteiger partial charge in [-0.05, 0) is 46.3 Å². The van der Waals surface area contributed by atoms with Crippen LogP contribution >= 0.6 is 27.3 Å². The van der Waals surface area contributed by atoms with E-state index >= 15 is 0 Å². The van der Waals surface area contributed by atoms with Crippen LogP contribution in [0.2, 0.25) is 0 Å². The lowest BCUT2D eigenvalue weighted by molar-refractivity contribution is 0.300. The Kier molecular flexibility index (Phi) is 4.79. The number of nitrogens with one attached hydrogen (secondary N) is 1. The number of thiophene rings is 1. The molecule has 2 N–H and O–H groups in total. The molecule has 4 nitrogen and oxygen atoms in total. The van der Waals surface area contributed by atoms with Crippen LogP contribution in [0.15, 0.2) is 39.0 Å². The molecule has 1 aromatic carbocycles. The molecule has 2 aromatic rings. The Labute approximate surface area is 128 Å². The molecule has 0 amide bonds. The van der Waals surface area contributed by atoms with E-state index in [0.29, 0.717) is 10.9 Å². The van der Waals surface area contributed by atoms with Crippen molar-refractivity contribution in [2.45, 2.75) is 10.6 Å². The van der Waals surface area contributed by atoms with E-state index in [4.69, 9.17) is 5.11 Å². The highest BCUT2D eigenvalue weighted by atomic mass is 79.9. The number of aliphatic hydroxyl groups is 1. The molecule has 0 fully saturated rings. The summed E-state index contributed by atoms with van der Waals surface area (Å²) in [7, 11) is -3.76. The average molecular weight is 380 g/mol. The molecule has 0 spiro atoms. The van der Waals surface area contributed by atoms with Gasteiger partial charge in [0.25, 0.3) is 10.0 Å². The number of halogens is 2. The summed E-state index contributed by atoms with van der Waals surface area (Å²) in [4.78, 5) is 0.770. The SMILES string of the molecule is O=S(=O)(Nc1cc(F)ccc1Br)c1ccc(CCO)s1. The van der Waals surface area contributed by atoms with E-state index in [1.807, 2.05) is 0 Å². The van der Waals surface area contributed by atoms with E-state index in [0.717, 1.165) is 22.3 Å². The summed E-state index contributed by atoms with van der Waals surface area (Å²) in [6.07, 6.45) is 0.407. The molecule has 20 heavy (non-hydrogen) atoms. The first-order chi connectivity index (χ1) is 9.42. The predicted molar refractivity (Wildman–Crippen MR) is 80.0 cm³/mol. The Bertz CT molecular complexity index is 715. The van der Waals surface area contributed by atoms with Gasteiger partial charge in [0.15, 0.2) is 0 Å². The maximum atomic E-state index is 13.1. The van der Waals surface area contributed by atoms with Crippen molar-refractivity contribution in [2.75, 3.05) is 11.3 Å². The first-order valence-electron chi connectivity index (χ1n) is 5.60. The first kappa shape index (κ1) is 15.4. The molecule has 2 rings (SSSR count). The number of rotatable bonds is 5. The van der Waals surface area contributed by atoms with Gasteiger partial charge in [0, 0.05) is 22.4 Å². The van der Waals surface area contributed by atoms with Crippen molar-refractivity contribution in [1.82, 2.24) is 0 Å². The van der Waals surface area contributed by atoms with E-state index in [9.17, 15) is 12.8 Å². The fourth-order valence-corrected chi connectivity index (χ4v) is 4.41. The van der Waals surface area contributed by atoms with Gasteiger partial charge in [-0.25, -0.2) is 12.8 Å². The monoisotopic (exact) mass is 379 g/mol. The number of hydrogen-bond donors (Lipinski definition) is 2. The fraction of sp³-hybridized carbons (Fsp3) is 0.167. The molecule has 0 atom stereocenters. The zero-order chi connectivity index (χ0) is 14.8. The average Bonchev–Trinajstić information content (AvgIpc) is 2.83. The third-order valence-corrected chi connectivity index (χ3v) is 6.13. The van der Waals surface area contributed by atoms with E-state index in [1.165, 1.54) is 18.2 Å². The Morgan fingerprint density at radius 2 is 2.05 bits per heavy atom. The quantitative estimate of drug-likeness (QED) is 0.838. The Hall–Kier alpha value is -0.960. The zero-order valence-corrected chi connectivity index (χ0v) is 13.4. The van der Waals surface area contributed by atoms with Crippen molar-refractivity contribution in [2.24, 2.45) is 0 Å². The molecule has 0 saturated heterocycles. The molecule has 0 aliphatic heterocycles. The van der Waals surface area contributed by atoms with E-state index in [2.05, 4.69) is 20.7 Å². The van der Waals surface area contributed by atoms with Crippen molar-refractivity contribution in [1.29, 1.82) is 0 Å². The normalized spacial score (nSPS) is 11.6. The molecule has 0 bridgehead atoms. The van der Waals surface area contributed by atoms with Crippen LogP contribution in [0.3, 0.4) is 0 Å². The lowest BCUT2D eigenvalue weighted by Crippen LogP contribution is -2.12. The predicted octanol–water partition coefficient (Wildman–Crippen LogP) is 2.99. The van der Waals surface area contributed by atoms with Crippen LogP contribution < -0.4 is 4.72 Å². The standard InChI is InChI=1S/C12H11BrFNO3S2/c13-10-3-1-8(14)7-11(10)15-20(17,18)12-4-2-9(19-12)5-6-16/h1-4,7,15-16H,5-6H2. The van der Waals surface area contributed by atoms with Crippen LogP contribution in [-0.4, -0.2) is 20.1 Å². The van der Waals surface area contributed by atoms with Crippen molar-refractivity contribution in [3.63, 3.8) is 0 Å². The summed E-state index contributed by atoms with van der Waals surface area (Å²) in [6.45, 7) is -0.0388. The van der Waals surface area contributed by atoms with Gasteiger partial charge in [0.05, 0.1) is 5.69 Å². The molecule has 0 aliphatic carbocycles. The zero-order valence-electron chi connectivity index (χ0n) is 10.1. The smallest absolute Gasteiger partial charge is 0.271 e. The molecule has 0 radical (unpaired) electrons. The van der Waals surface area contributed by atoms with Crippen LogP contribution in [-0.2, 0) is 16.4 Å². The Balaban J connectivity index is 2.28. The second-order valence-corrected chi connectivity index (χ2v) is 7.86. The number of hydrogen-bond acceptors (Lipinski definition) is 4. The highest BCUT2D eigenvalue weighted by molar-refractivity contribution is 9.10. The van der Waals surface area contributed by atoms with Crippen LogP contribution in [0.4, 0.5) is 10.1 Å². The maximum absolute atomic E-state index is 13.1. The van der Waals surface area contributed by atoms with Gasteiger partial charge in [-0.2, -0.15) is 0 Å². The van der Waals surface area contributed by atoms with Gasteiger partial charge in [0.2, 0.25) is 0 Å². The number of anilines is 1. The van der Waals surface area contributed by atoms with E-state index < -0.39 is 15.8 Å². The second-order valence-electron chi connectivity index (χ2n) is 3.92. The molecule has 8 heteroatoms. The Morgan fingerprint density at radius 1 is 1.30 bits per heavy atom. The van der Waals surface area contributed by atoms with Gasteiger partial charge >= 0.3 is 0 Å². The fourth-order valence-electron chi connectivity index (χ4n) is 1.52. The minimum Gasteiger partial charge on any atom is -0.396 e. The Morgan fingerprint density at radius 3 is 2.75 bits per heavy atom. The number of aliphatic hydroxyl groups excluding tert-OH is 1. The van der Waals surface area contributed by atoms with Gasteiger partial charge in [-0.15, -0.1) is 11.3 Å². The second kappa shape index (κ2) is 6.21. The van der Waals surface area contributed by atoms with Crippen molar-refractivity contribution in [3.8, 4) is 0 Å². The summed E-state index contributed by atoms with van der Waals surface area (Å²) in [5.41, 5.74) is 0.141. The largest absolute Gasteiger partial charge is 0.396 e. The number of benzene rings is 1. The van der Waals surface area contributed by atoms with E-state index in [-0.39, 0.29) is 16.5 Å². The minimum absolute atomic E-state index is 0.0388. The summed E-state index contributed by atoms with van der Waals surface area (Å²) in [5, 5.41) is 8.83. The summed E-state index contributed by atoms with van der Waals surface area (Å²) in [6, 6.07) is 6.87. The molecule has 0 saturated carbocycles. The highest BCUT2D eigenvalue weighted by Gasteiger charge is 2.18. The van der Waals surface area contributed by atoms with Gasteiger partial charge in [-0.3, -0.25) is 4.72 Å².